The molecule has 0 atom stereocenters. The van der Waals surface area contributed by atoms with Crippen LogP contribution in [-0.4, -0.2) is 18.2 Å². The summed E-state index contributed by atoms with van der Waals surface area (Å²) < 4.78 is 9.66. The van der Waals surface area contributed by atoms with Gasteiger partial charge >= 0.3 is 5.97 Å². The van der Waals surface area contributed by atoms with Gasteiger partial charge in [-0.15, -0.1) is 0 Å². The molecule has 0 aliphatic heterocycles. The van der Waals surface area contributed by atoms with Gasteiger partial charge in [-0.3, -0.25) is 0 Å². The fourth-order valence-corrected chi connectivity index (χ4v) is 1.42. The van der Waals surface area contributed by atoms with Crippen LogP contribution in [0.1, 0.15) is 10.6 Å². The molecule has 5 heteroatoms. The Labute approximate surface area is 90.0 Å². The Kier molecular flexibility index (Phi) is 2.28. The number of phenolic OH excluding ortho intramolecular Hbond substituents is 1. The van der Waals surface area contributed by atoms with E-state index in [9.17, 15) is 9.90 Å². The minimum atomic E-state index is -0.568. The second kappa shape index (κ2) is 3.47. The number of ether oxygens (including phenoxy) is 1. The van der Waals surface area contributed by atoms with Crippen molar-refractivity contribution < 1.29 is 19.1 Å². The summed E-state index contributed by atoms with van der Waals surface area (Å²) in [5.74, 6) is -0.578. The van der Waals surface area contributed by atoms with Gasteiger partial charge in [-0.1, -0.05) is 11.6 Å². The molecule has 0 aliphatic rings. The normalized spacial score (nSPS) is 10.5. The molecule has 0 saturated heterocycles. The molecule has 1 aromatic carbocycles. The number of phenols is 1. The molecule has 0 amide bonds. The van der Waals surface area contributed by atoms with E-state index in [1.165, 1.54) is 25.3 Å². The summed E-state index contributed by atoms with van der Waals surface area (Å²) >= 11 is 5.70. The number of aromatic hydroxyl groups is 1. The van der Waals surface area contributed by atoms with E-state index >= 15 is 0 Å². The molecule has 78 valence electrons. The predicted octanol–water partition coefficient (Wildman–Crippen LogP) is 2.58. The van der Waals surface area contributed by atoms with Gasteiger partial charge in [-0.2, -0.15) is 0 Å². The molecular weight excluding hydrogens is 220 g/mol. The average Bonchev–Trinajstić information content (AvgIpc) is 2.60. The minimum absolute atomic E-state index is 0.0779. The third kappa shape index (κ3) is 1.64. The number of carbonyl (C=O) groups is 1. The number of rotatable bonds is 1. The SMILES string of the molecule is COC(=O)c1cc2cc(Cl)c(O)cc2o1. The molecule has 0 saturated carbocycles. The van der Waals surface area contributed by atoms with E-state index in [1.807, 2.05) is 0 Å². The molecule has 4 nitrogen and oxygen atoms in total. The lowest BCUT2D eigenvalue weighted by atomic mass is 10.2. The van der Waals surface area contributed by atoms with E-state index in [-0.39, 0.29) is 16.5 Å². The van der Waals surface area contributed by atoms with E-state index in [1.54, 1.807) is 0 Å². The zero-order valence-electron chi connectivity index (χ0n) is 7.78. The summed E-state index contributed by atoms with van der Waals surface area (Å²) in [6.07, 6.45) is 0. The lowest BCUT2D eigenvalue weighted by molar-refractivity contribution is 0.0567. The molecule has 1 aromatic heterocycles. The zero-order valence-corrected chi connectivity index (χ0v) is 8.54. The molecule has 0 radical (unpaired) electrons. The van der Waals surface area contributed by atoms with Crippen molar-refractivity contribution in [3.8, 4) is 5.75 Å². The summed E-state index contributed by atoms with van der Waals surface area (Å²) in [5, 5.41) is 10.2. The number of fused-ring (bicyclic) bond motifs is 1. The third-order valence-electron chi connectivity index (χ3n) is 1.97. The zero-order chi connectivity index (χ0) is 11.0. The number of esters is 1. The smallest absolute Gasteiger partial charge is 0.373 e. The summed E-state index contributed by atoms with van der Waals surface area (Å²) in [6, 6.07) is 4.37. The fourth-order valence-electron chi connectivity index (χ4n) is 1.25. The number of benzene rings is 1. The Balaban J connectivity index is 2.61. The van der Waals surface area contributed by atoms with Crippen LogP contribution in [0.5, 0.6) is 5.75 Å². The van der Waals surface area contributed by atoms with Crippen LogP contribution in [-0.2, 0) is 4.74 Å². The first kappa shape index (κ1) is 9.86. The molecule has 1 heterocycles. The molecule has 15 heavy (non-hydrogen) atoms. The molecule has 0 spiro atoms. The van der Waals surface area contributed by atoms with Crippen molar-refractivity contribution in [1.29, 1.82) is 0 Å². The average molecular weight is 227 g/mol. The van der Waals surface area contributed by atoms with Crippen LogP contribution in [0.2, 0.25) is 5.02 Å². The molecule has 2 aromatic rings. The van der Waals surface area contributed by atoms with Gasteiger partial charge in [0.05, 0.1) is 12.1 Å². The maximum Gasteiger partial charge on any atom is 0.373 e. The summed E-state index contributed by atoms with van der Waals surface area (Å²) in [7, 11) is 1.26. The molecule has 2 rings (SSSR count). The van der Waals surface area contributed by atoms with Gasteiger partial charge in [0.25, 0.3) is 0 Å². The Bertz CT molecular complexity index is 490. The Morgan fingerprint density at radius 1 is 1.47 bits per heavy atom. The molecular formula is C10H7ClO4. The van der Waals surface area contributed by atoms with E-state index < -0.39 is 5.97 Å². The van der Waals surface area contributed by atoms with Crippen molar-refractivity contribution in [2.45, 2.75) is 0 Å². The standard InChI is InChI=1S/C10H7ClO4/c1-14-10(13)9-3-5-2-6(11)7(12)4-8(5)15-9/h2-4,12H,1H3. The van der Waals surface area contributed by atoms with Gasteiger partial charge < -0.3 is 14.3 Å². The highest BCUT2D eigenvalue weighted by molar-refractivity contribution is 6.32. The first-order valence-corrected chi connectivity index (χ1v) is 4.50. The van der Waals surface area contributed by atoms with Crippen LogP contribution in [0.25, 0.3) is 11.0 Å². The quantitative estimate of drug-likeness (QED) is 0.760. The van der Waals surface area contributed by atoms with Gasteiger partial charge in [0.2, 0.25) is 5.76 Å². The topological polar surface area (TPSA) is 59.7 Å². The van der Waals surface area contributed by atoms with Gasteiger partial charge in [0.1, 0.15) is 11.3 Å². The first-order chi connectivity index (χ1) is 7.11. The van der Waals surface area contributed by atoms with Crippen LogP contribution >= 0.6 is 11.6 Å². The number of methoxy groups -OCH3 is 1. The molecule has 1 N–H and O–H groups in total. The lowest BCUT2D eigenvalue weighted by Crippen LogP contribution is -1.97. The molecule has 0 aliphatic carbocycles. The van der Waals surface area contributed by atoms with E-state index in [4.69, 9.17) is 16.0 Å². The Hall–Kier alpha value is -1.68. The summed E-state index contributed by atoms with van der Waals surface area (Å²) in [4.78, 5) is 11.1. The number of carbonyl (C=O) groups excluding carboxylic acids is 1. The Morgan fingerprint density at radius 2 is 2.20 bits per heavy atom. The van der Waals surface area contributed by atoms with Crippen molar-refractivity contribution in [1.82, 2.24) is 0 Å². The fraction of sp³-hybridized carbons (Fsp3) is 0.100. The van der Waals surface area contributed by atoms with Gasteiger partial charge in [-0.25, -0.2) is 4.79 Å². The number of halogens is 1. The van der Waals surface area contributed by atoms with Gasteiger partial charge in [-0.05, 0) is 12.1 Å². The van der Waals surface area contributed by atoms with Crippen LogP contribution in [0.3, 0.4) is 0 Å². The van der Waals surface area contributed by atoms with Crippen molar-refractivity contribution in [3.63, 3.8) is 0 Å². The van der Waals surface area contributed by atoms with Gasteiger partial charge in [0, 0.05) is 11.5 Å². The highest BCUT2D eigenvalue weighted by atomic mass is 35.5. The summed E-state index contributed by atoms with van der Waals surface area (Å²) in [6.45, 7) is 0. The Morgan fingerprint density at radius 3 is 2.87 bits per heavy atom. The highest BCUT2D eigenvalue weighted by Crippen LogP contribution is 2.30. The van der Waals surface area contributed by atoms with Crippen molar-refractivity contribution in [2.24, 2.45) is 0 Å². The van der Waals surface area contributed by atoms with Crippen molar-refractivity contribution >= 4 is 28.5 Å². The van der Waals surface area contributed by atoms with E-state index in [2.05, 4.69) is 4.74 Å². The predicted molar refractivity (Wildman–Crippen MR) is 54.2 cm³/mol. The number of hydrogen-bond acceptors (Lipinski definition) is 4. The third-order valence-corrected chi connectivity index (χ3v) is 2.28. The van der Waals surface area contributed by atoms with E-state index in [0.29, 0.717) is 11.0 Å². The van der Waals surface area contributed by atoms with Crippen molar-refractivity contribution in [3.05, 3.63) is 29.0 Å². The van der Waals surface area contributed by atoms with Gasteiger partial charge in [0.15, 0.2) is 0 Å². The maximum absolute atomic E-state index is 11.1. The largest absolute Gasteiger partial charge is 0.506 e. The monoisotopic (exact) mass is 226 g/mol. The first-order valence-electron chi connectivity index (χ1n) is 4.12. The molecule has 0 fully saturated rings. The second-order valence-electron chi connectivity index (χ2n) is 2.94. The minimum Gasteiger partial charge on any atom is -0.506 e. The van der Waals surface area contributed by atoms with Crippen LogP contribution in [0.15, 0.2) is 22.6 Å². The number of hydrogen-bond donors (Lipinski definition) is 1. The van der Waals surface area contributed by atoms with E-state index in [0.717, 1.165) is 0 Å². The lowest BCUT2D eigenvalue weighted by Gasteiger charge is -1.94. The van der Waals surface area contributed by atoms with Crippen molar-refractivity contribution in [2.75, 3.05) is 7.11 Å². The van der Waals surface area contributed by atoms with Crippen LogP contribution in [0.4, 0.5) is 0 Å². The molecule has 0 unspecified atom stereocenters. The molecule has 0 bridgehead atoms. The maximum atomic E-state index is 11.1. The number of furan rings is 1. The second-order valence-corrected chi connectivity index (χ2v) is 3.35. The van der Waals surface area contributed by atoms with Crippen LogP contribution < -0.4 is 0 Å². The summed E-state index contributed by atoms with van der Waals surface area (Å²) in [5.41, 5.74) is 0.386. The van der Waals surface area contributed by atoms with Crippen LogP contribution in [0, 0.1) is 0 Å². The highest BCUT2D eigenvalue weighted by Gasteiger charge is 2.13.